The number of nitrogens with zero attached hydrogens (tertiary/aromatic N) is 2. The molecule has 1 aromatic heterocycles. The summed E-state index contributed by atoms with van der Waals surface area (Å²) in [7, 11) is 0. The second kappa shape index (κ2) is 6.77. The highest BCUT2D eigenvalue weighted by molar-refractivity contribution is 6.32. The van der Waals surface area contributed by atoms with Crippen molar-refractivity contribution in [1.29, 1.82) is 5.26 Å². The van der Waals surface area contributed by atoms with E-state index in [0.717, 1.165) is 11.1 Å². The van der Waals surface area contributed by atoms with E-state index in [2.05, 4.69) is 11.2 Å². The van der Waals surface area contributed by atoms with Crippen molar-refractivity contribution in [3.63, 3.8) is 0 Å². The van der Waals surface area contributed by atoms with Gasteiger partial charge < -0.3 is 9.26 Å². The Kier molecular flexibility index (Phi) is 4.54. The molecule has 120 valence electrons. The fourth-order valence-electron chi connectivity index (χ4n) is 2.27. The van der Waals surface area contributed by atoms with E-state index in [4.69, 9.17) is 26.1 Å². The van der Waals surface area contributed by atoms with E-state index in [1.165, 1.54) is 0 Å². The van der Waals surface area contributed by atoms with E-state index in [0.29, 0.717) is 27.8 Å². The van der Waals surface area contributed by atoms with E-state index in [1.54, 1.807) is 18.2 Å². The maximum Gasteiger partial charge on any atom is 0.167 e. The minimum absolute atomic E-state index is 0.0587. The Morgan fingerprint density at radius 1 is 1.08 bits per heavy atom. The molecule has 0 N–H and O–H groups in total. The van der Waals surface area contributed by atoms with E-state index in [-0.39, 0.29) is 6.10 Å². The van der Waals surface area contributed by atoms with Crippen LogP contribution in [0.3, 0.4) is 0 Å². The molecular weight excluding hydrogens is 324 g/mol. The normalized spacial score (nSPS) is 10.6. The third-order valence-electron chi connectivity index (χ3n) is 3.40. The molecule has 4 nitrogen and oxygen atoms in total. The van der Waals surface area contributed by atoms with E-state index in [9.17, 15) is 0 Å². The largest absolute Gasteiger partial charge is 0.489 e. The summed E-state index contributed by atoms with van der Waals surface area (Å²) in [6.07, 6.45) is 0.0587. The van der Waals surface area contributed by atoms with Crippen molar-refractivity contribution < 1.29 is 9.26 Å². The molecule has 2 aromatic carbocycles. The first-order chi connectivity index (χ1) is 11.6. The molecule has 0 fully saturated rings. The molecule has 0 unspecified atom stereocenters. The maximum absolute atomic E-state index is 8.85. The summed E-state index contributed by atoms with van der Waals surface area (Å²) in [6.45, 7) is 3.90. The quantitative estimate of drug-likeness (QED) is 0.645. The third-order valence-corrected chi connectivity index (χ3v) is 3.69. The zero-order chi connectivity index (χ0) is 17.1. The SMILES string of the molecule is CC(C)Oc1ccc(-c2cc(-c3ccc(C#N)cc3)on2)cc1Cl. The molecule has 0 aliphatic rings. The van der Waals surface area contributed by atoms with Gasteiger partial charge in [0.05, 0.1) is 22.8 Å². The lowest BCUT2D eigenvalue weighted by atomic mass is 10.1. The van der Waals surface area contributed by atoms with Crippen LogP contribution in [0.25, 0.3) is 22.6 Å². The molecule has 3 rings (SSSR count). The third kappa shape index (κ3) is 3.42. The van der Waals surface area contributed by atoms with Gasteiger partial charge in [0.25, 0.3) is 0 Å². The van der Waals surface area contributed by atoms with Crippen LogP contribution in [-0.4, -0.2) is 11.3 Å². The highest BCUT2D eigenvalue weighted by atomic mass is 35.5. The second-order valence-electron chi connectivity index (χ2n) is 5.58. The first kappa shape index (κ1) is 16.1. The second-order valence-corrected chi connectivity index (χ2v) is 5.98. The number of hydrogen-bond donors (Lipinski definition) is 0. The molecule has 0 saturated carbocycles. The summed E-state index contributed by atoms with van der Waals surface area (Å²) in [4.78, 5) is 0. The monoisotopic (exact) mass is 338 g/mol. The summed E-state index contributed by atoms with van der Waals surface area (Å²) in [5.41, 5.74) is 3.00. The molecule has 0 aliphatic heterocycles. The van der Waals surface area contributed by atoms with Crippen molar-refractivity contribution >= 4 is 11.6 Å². The number of rotatable bonds is 4. The van der Waals surface area contributed by atoms with Gasteiger partial charge in [-0.2, -0.15) is 5.26 Å². The number of nitriles is 1. The zero-order valence-electron chi connectivity index (χ0n) is 13.3. The molecule has 5 heteroatoms. The number of benzene rings is 2. The van der Waals surface area contributed by atoms with Crippen molar-refractivity contribution in [2.45, 2.75) is 20.0 Å². The number of halogens is 1. The predicted octanol–water partition coefficient (Wildman–Crippen LogP) is 5.32. The Morgan fingerprint density at radius 2 is 1.79 bits per heavy atom. The van der Waals surface area contributed by atoms with Gasteiger partial charge in [-0.3, -0.25) is 0 Å². The molecule has 24 heavy (non-hydrogen) atoms. The minimum atomic E-state index is 0.0587. The van der Waals surface area contributed by atoms with E-state index >= 15 is 0 Å². The lowest BCUT2D eigenvalue weighted by Gasteiger charge is -2.11. The van der Waals surface area contributed by atoms with Gasteiger partial charge in [0.2, 0.25) is 0 Å². The first-order valence-electron chi connectivity index (χ1n) is 7.50. The zero-order valence-corrected chi connectivity index (χ0v) is 14.0. The standard InChI is InChI=1S/C19H15ClN2O2/c1-12(2)23-18-8-7-15(9-16(18)20)17-10-19(24-22-17)14-5-3-13(11-21)4-6-14/h3-10,12H,1-2H3. The van der Waals surface area contributed by atoms with E-state index in [1.807, 2.05) is 44.2 Å². The van der Waals surface area contributed by atoms with Gasteiger partial charge in [-0.15, -0.1) is 0 Å². The van der Waals surface area contributed by atoms with Crippen LogP contribution in [0.15, 0.2) is 53.1 Å². The molecule has 0 bridgehead atoms. The van der Waals surface area contributed by atoms with Crippen LogP contribution in [-0.2, 0) is 0 Å². The van der Waals surface area contributed by atoms with Crippen molar-refractivity contribution in [3.05, 3.63) is 59.1 Å². The first-order valence-corrected chi connectivity index (χ1v) is 7.88. The Hall–Kier alpha value is -2.77. The summed E-state index contributed by atoms with van der Waals surface area (Å²) in [6, 6.07) is 16.6. The summed E-state index contributed by atoms with van der Waals surface area (Å²) in [5.74, 6) is 1.28. The van der Waals surface area contributed by atoms with Gasteiger partial charge in [-0.25, -0.2) is 0 Å². The molecular formula is C19H15ClN2O2. The van der Waals surface area contributed by atoms with Gasteiger partial charge >= 0.3 is 0 Å². The molecule has 0 saturated heterocycles. The lowest BCUT2D eigenvalue weighted by molar-refractivity contribution is 0.242. The average Bonchev–Trinajstić information content (AvgIpc) is 3.06. The molecule has 0 radical (unpaired) electrons. The van der Waals surface area contributed by atoms with E-state index < -0.39 is 0 Å². The van der Waals surface area contributed by atoms with Gasteiger partial charge in [-0.05, 0) is 56.3 Å². The maximum atomic E-state index is 8.85. The van der Waals surface area contributed by atoms with Crippen LogP contribution < -0.4 is 4.74 Å². The average molecular weight is 339 g/mol. The smallest absolute Gasteiger partial charge is 0.167 e. The molecule has 0 spiro atoms. The van der Waals surface area contributed by atoms with Crippen molar-refractivity contribution in [2.75, 3.05) is 0 Å². The minimum Gasteiger partial charge on any atom is -0.489 e. The molecule has 0 amide bonds. The molecule has 1 heterocycles. The number of hydrogen-bond acceptors (Lipinski definition) is 4. The topological polar surface area (TPSA) is 59.0 Å². The number of aromatic nitrogens is 1. The van der Waals surface area contributed by atoms with Gasteiger partial charge in [0.15, 0.2) is 5.76 Å². The molecule has 0 atom stereocenters. The van der Waals surface area contributed by atoms with Crippen LogP contribution >= 0.6 is 11.6 Å². The molecule has 3 aromatic rings. The fourth-order valence-corrected chi connectivity index (χ4v) is 2.49. The van der Waals surface area contributed by atoms with Crippen LogP contribution in [0.1, 0.15) is 19.4 Å². The van der Waals surface area contributed by atoms with Crippen molar-refractivity contribution in [3.8, 4) is 34.4 Å². The van der Waals surface area contributed by atoms with Gasteiger partial charge in [0.1, 0.15) is 11.4 Å². The lowest BCUT2D eigenvalue weighted by Crippen LogP contribution is -2.05. The molecule has 0 aliphatic carbocycles. The Balaban J connectivity index is 1.87. The van der Waals surface area contributed by atoms with Crippen molar-refractivity contribution in [1.82, 2.24) is 5.16 Å². The van der Waals surface area contributed by atoms with Crippen LogP contribution in [0.4, 0.5) is 0 Å². The van der Waals surface area contributed by atoms with Crippen LogP contribution in [0.2, 0.25) is 5.02 Å². The van der Waals surface area contributed by atoms with Crippen LogP contribution in [0, 0.1) is 11.3 Å². The van der Waals surface area contributed by atoms with Crippen molar-refractivity contribution in [2.24, 2.45) is 0 Å². The van der Waals surface area contributed by atoms with Gasteiger partial charge in [-0.1, -0.05) is 16.8 Å². The highest BCUT2D eigenvalue weighted by Crippen LogP contribution is 2.32. The van der Waals surface area contributed by atoms with Crippen LogP contribution in [0.5, 0.6) is 5.75 Å². The summed E-state index contributed by atoms with van der Waals surface area (Å²) < 4.78 is 11.0. The predicted molar refractivity (Wildman–Crippen MR) is 92.9 cm³/mol. The Bertz CT molecular complexity index is 892. The Morgan fingerprint density at radius 3 is 2.42 bits per heavy atom. The summed E-state index contributed by atoms with van der Waals surface area (Å²) >= 11 is 6.27. The number of ether oxygens (including phenoxy) is 1. The Labute approximate surface area is 145 Å². The summed E-state index contributed by atoms with van der Waals surface area (Å²) in [5, 5.41) is 13.5. The fraction of sp³-hybridized carbons (Fsp3) is 0.158. The van der Waals surface area contributed by atoms with Gasteiger partial charge in [0, 0.05) is 17.2 Å². The highest BCUT2D eigenvalue weighted by Gasteiger charge is 2.11.